The maximum absolute atomic E-state index is 11.9. The molecule has 1 amide bonds. The molecule has 2 rings (SSSR count). The molecule has 7 nitrogen and oxygen atoms in total. The number of hydrogen-bond acceptors (Lipinski definition) is 4. The standard InChI is InChI=1S/C11H11BrF3N5O2/c12-8-1-16-19(3-8)5-10(21)18-9-2-17-20(4-9)7-22-6-11(13,14)15/h1-4H,5-7H2,(H,18,21). The Morgan fingerprint density at radius 2 is 2.00 bits per heavy atom. The summed E-state index contributed by atoms with van der Waals surface area (Å²) < 4.78 is 43.5. The molecule has 0 spiro atoms. The van der Waals surface area contributed by atoms with E-state index in [-0.39, 0.29) is 19.2 Å². The third kappa shape index (κ3) is 5.48. The number of anilines is 1. The van der Waals surface area contributed by atoms with Gasteiger partial charge in [0.25, 0.3) is 0 Å². The smallest absolute Gasteiger partial charge is 0.350 e. The topological polar surface area (TPSA) is 74.0 Å². The first-order valence-corrected chi connectivity index (χ1v) is 6.76. The number of alkyl halides is 3. The van der Waals surface area contributed by atoms with Gasteiger partial charge in [-0.3, -0.25) is 9.48 Å². The van der Waals surface area contributed by atoms with Crippen LogP contribution >= 0.6 is 15.9 Å². The van der Waals surface area contributed by atoms with E-state index in [2.05, 4.69) is 36.2 Å². The predicted octanol–water partition coefficient (Wildman–Crippen LogP) is 2.02. The Balaban J connectivity index is 1.80. The molecule has 0 aliphatic heterocycles. The lowest BCUT2D eigenvalue weighted by molar-refractivity contribution is -0.182. The fourth-order valence-electron chi connectivity index (χ4n) is 1.53. The van der Waals surface area contributed by atoms with E-state index in [4.69, 9.17) is 0 Å². The van der Waals surface area contributed by atoms with Crippen LogP contribution in [0.25, 0.3) is 0 Å². The van der Waals surface area contributed by atoms with E-state index in [1.165, 1.54) is 17.1 Å². The van der Waals surface area contributed by atoms with Gasteiger partial charge in [0.2, 0.25) is 5.91 Å². The second-order valence-corrected chi connectivity index (χ2v) is 5.18. The molecule has 0 bridgehead atoms. The molecule has 2 aromatic rings. The van der Waals surface area contributed by atoms with Gasteiger partial charge >= 0.3 is 6.18 Å². The fourth-order valence-corrected chi connectivity index (χ4v) is 1.85. The van der Waals surface area contributed by atoms with Crippen LogP contribution < -0.4 is 5.32 Å². The van der Waals surface area contributed by atoms with E-state index in [1.807, 2.05) is 0 Å². The van der Waals surface area contributed by atoms with Crippen molar-refractivity contribution in [3.8, 4) is 0 Å². The van der Waals surface area contributed by atoms with E-state index in [0.717, 1.165) is 9.15 Å². The molecule has 0 aliphatic carbocycles. The molecule has 0 unspecified atom stereocenters. The van der Waals surface area contributed by atoms with Gasteiger partial charge in [-0.05, 0) is 15.9 Å². The van der Waals surface area contributed by atoms with E-state index >= 15 is 0 Å². The fraction of sp³-hybridized carbons (Fsp3) is 0.364. The number of aromatic nitrogens is 4. The first-order chi connectivity index (χ1) is 10.3. The summed E-state index contributed by atoms with van der Waals surface area (Å²) in [5.74, 6) is -0.341. The molecule has 0 saturated carbocycles. The zero-order valence-electron chi connectivity index (χ0n) is 11.0. The Labute approximate surface area is 131 Å². The average Bonchev–Trinajstić information content (AvgIpc) is 2.97. The number of ether oxygens (including phenoxy) is 1. The quantitative estimate of drug-likeness (QED) is 0.830. The molecule has 0 aliphatic rings. The number of hydrogen-bond donors (Lipinski definition) is 1. The molecule has 120 valence electrons. The van der Waals surface area contributed by atoms with Crippen molar-refractivity contribution in [3.63, 3.8) is 0 Å². The van der Waals surface area contributed by atoms with Crippen LogP contribution in [0.1, 0.15) is 0 Å². The molecule has 0 saturated heterocycles. The second-order valence-electron chi connectivity index (χ2n) is 4.27. The summed E-state index contributed by atoms with van der Waals surface area (Å²) in [6.07, 6.45) is 1.47. The van der Waals surface area contributed by atoms with Gasteiger partial charge in [-0.25, -0.2) is 4.68 Å². The highest BCUT2D eigenvalue weighted by Gasteiger charge is 2.27. The summed E-state index contributed by atoms with van der Waals surface area (Å²) in [5.41, 5.74) is 0.354. The lowest BCUT2D eigenvalue weighted by atomic mass is 10.5. The number of nitrogens with zero attached hydrogens (tertiary/aromatic N) is 4. The molecule has 0 fully saturated rings. The van der Waals surface area contributed by atoms with Crippen LogP contribution in [-0.4, -0.2) is 38.3 Å². The van der Waals surface area contributed by atoms with Gasteiger partial charge in [0, 0.05) is 6.20 Å². The third-order valence-corrected chi connectivity index (χ3v) is 2.72. The van der Waals surface area contributed by atoms with Crippen LogP contribution in [0.15, 0.2) is 29.3 Å². The molecule has 0 radical (unpaired) electrons. The monoisotopic (exact) mass is 381 g/mol. The Morgan fingerprint density at radius 3 is 2.64 bits per heavy atom. The molecule has 22 heavy (non-hydrogen) atoms. The van der Waals surface area contributed by atoms with Crippen LogP contribution in [0.2, 0.25) is 0 Å². The van der Waals surface area contributed by atoms with Crippen LogP contribution in [0, 0.1) is 0 Å². The molecule has 2 aromatic heterocycles. The summed E-state index contributed by atoms with van der Waals surface area (Å²) in [6.45, 7) is -1.72. The Hall–Kier alpha value is -1.88. The lowest BCUT2D eigenvalue weighted by Gasteiger charge is -2.07. The summed E-state index contributed by atoms with van der Waals surface area (Å²) in [5, 5.41) is 10.3. The first-order valence-electron chi connectivity index (χ1n) is 5.96. The van der Waals surface area contributed by atoms with Crippen LogP contribution in [0.5, 0.6) is 0 Å². The largest absolute Gasteiger partial charge is 0.411 e. The van der Waals surface area contributed by atoms with Gasteiger partial charge in [-0.1, -0.05) is 0 Å². The number of rotatable bonds is 6. The maximum atomic E-state index is 11.9. The van der Waals surface area contributed by atoms with Gasteiger partial charge in [0.15, 0.2) is 0 Å². The maximum Gasteiger partial charge on any atom is 0.411 e. The SMILES string of the molecule is O=C(Cn1cc(Br)cn1)Nc1cnn(COCC(F)(F)F)c1. The molecule has 11 heteroatoms. The lowest BCUT2D eigenvalue weighted by Crippen LogP contribution is -2.19. The highest BCUT2D eigenvalue weighted by molar-refractivity contribution is 9.10. The van der Waals surface area contributed by atoms with Crippen molar-refractivity contribution in [2.24, 2.45) is 0 Å². The number of carbonyl (C=O) groups excluding carboxylic acids is 1. The zero-order chi connectivity index (χ0) is 16.2. The van der Waals surface area contributed by atoms with E-state index in [0.29, 0.717) is 5.69 Å². The van der Waals surface area contributed by atoms with Crippen LogP contribution in [0.3, 0.4) is 0 Å². The number of carbonyl (C=O) groups is 1. The van der Waals surface area contributed by atoms with Crippen LogP contribution in [-0.2, 0) is 22.8 Å². The molecule has 1 N–H and O–H groups in total. The molecular weight excluding hydrogens is 371 g/mol. The van der Waals surface area contributed by atoms with Gasteiger partial charge < -0.3 is 10.1 Å². The molecule has 0 atom stereocenters. The summed E-state index contributed by atoms with van der Waals surface area (Å²) in [7, 11) is 0. The number of amides is 1. The Morgan fingerprint density at radius 1 is 1.27 bits per heavy atom. The van der Waals surface area contributed by atoms with E-state index in [1.54, 1.807) is 12.4 Å². The molecular formula is C11H11BrF3N5O2. The summed E-state index contributed by atoms with van der Waals surface area (Å²) in [6, 6.07) is 0. The Bertz CT molecular complexity index is 640. The van der Waals surface area contributed by atoms with Crippen molar-refractivity contribution >= 4 is 27.5 Å². The second kappa shape index (κ2) is 6.92. The van der Waals surface area contributed by atoms with Gasteiger partial charge in [-0.2, -0.15) is 23.4 Å². The summed E-state index contributed by atoms with van der Waals surface area (Å²) in [4.78, 5) is 11.7. The Kier molecular flexibility index (Phi) is 5.19. The number of nitrogens with one attached hydrogen (secondary N) is 1. The van der Waals surface area contributed by atoms with Gasteiger partial charge in [0.1, 0.15) is 19.9 Å². The molecule has 0 aromatic carbocycles. The van der Waals surface area contributed by atoms with Crippen molar-refractivity contribution in [2.45, 2.75) is 19.5 Å². The van der Waals surface area contributed by atoms with Crippen LogP contribution in [0.4, 0.5) is 18.9 Å². The van der Waals surface area contributed by atoms with Crippen molar-refractivity contribution in [3.05, 3.63) is 29.3 Å². The minimum atomic E-state index is -4.39. The molecule has 2 heterocycles. The zero-order valence-corrected chi connectivity index (χ0v) is 12.6. The van der Waals surface area contributed by atoms with Gasteiger partial charge in [0.05, 0.1) is 28.8 Å². The number of halogens is 4. The van der Waals surface area contributed by atoms with Crippen molar-refractivity contribution < 1.29 is 22.7 Å². The van der Waals surface area contributed by atoms with Gasteiger partial charge in [-0.15, -0.1) is 0 Å². The first kappa shape index (κ1) is 16.5. The predicted molar refractivity (Wildman–Crippen MR) is 72.8 cm³/mol. The highest BCUT2D eigenvalue weighted by atomic mass is 79.9. The third-order valence-electron chi connectivity index (χ3n) is 2.31. The van der Waals surface area contributed by atoms with E-state index in [9.17, 15) is 18.0 Å². The van der Waals surface area contributed by atoms with Crippen molar-refractivity contribution in [1.29, 1.82) is 0 Å². The minimum Gasteiger partial charge on any atom is -0.350 e. The van der Waals surface area contributed by atoms with Crippen molar-refractivity contribution in [1.82, 2.24) is 19.6 Å². The average molecular weight is 382 g/mol. The summed E-state index contributed by atoms with van der Waals surface area (Å²) >= 11 is 3.21. The minimum absolute atomic E-state index is 0.00134. The van der Waals surface area contributed by atoms with E-state index < -0.39 is 12.8 Å². The van der Waals surface area contributed by atoms with Crippen molar-refractivity contribution in [2.75, 3.05) is 11.9 Å². The normalized spacial score (nSPS) is 11.6. The highest BCUT2D eigenvalue weighted by Crippen LogP contribution is 2.15.